The highest BCUT2D eigenvalue weighted by Gasteiger charge is 2.17. The molecule has 1 aromatic carbocycles. The second-order valence-electron chi connectivity index (χ2n) is 5.73. The molecule has 0 radical (unpaired) electrons. The number of hydrogen-bond acceptors (Lipinski definition) is 2. The molecule has 4 nitrogen and oxygen atoms in total. The minimum Gasteiger partial charge on any atom is -0.391 e. The molecule has 0 aliphatic carbocycles. The van der Waals surface area contributed by atoms with E-state index >= 15 is 0 Å². The summed E-state index contributed by atoms with van der Waals surface area (Å²) in [5.74, 6) is 0. The molecule has 0 heterocycles. The van der Waals surface area contributed by atoms with Gasteiger partial charge in [0.15, 0.2) is 0 Å². The van der Waals surface area contributed by atoms with Gasteiger partial charge in [0, 0.05) is 10.1 Å². The maximum absolute atomic E-state index is 11.7. The number of aliphatic hydroxyl groups excluding tert-OH is 1. The van der Waals surface area contributed by atoms with E-state index in [1.807, 2.05) is 24.3 Å². The Labute approximate surface area is 128 Å². The van der Waals surface area contributed by atoms with Gasteiger partial charge in [-0.1, -0.05) is 32.9 Å². The highest BCUT2D eigenvalue weighted by Crippen LogP contribution is 2.20. The molecule has 3 N–H and O–H groups in total. The van der Waals surface area contributed by atoms with Crippen molar-refractivity contribution >= 4 is 34.3 Å². The SMILES string of the molecule is CC(C)(C)CC(O)CNC(=O)Nc1ccccc1I. The fourth-order valence-corrected chi connectivity index (χ4v) is 2.24. The lowest BCUT2D eigenvalue weighted by atomic mass is 9.89. The van der Waals surface area contributed by atoms with E-state index in [1.54, 1.807) is 0 Å². The fourth-order valence-electron chi connectivity index (χ4n) is 1.72. The Morgan fingerprint density at radius 1 is 1.37 bits per heavy atom. The van der Waals surface area contributed by atoms with Crippen LogP contribution in [-0.4, -0.2) is 23.8 Å². The van der Waals surface area contributed by atoms with Gasteiger partial charge in [0.2, 0.25) is 0 Å². The summed E-state index contributed by atoms with van der Waals surface area (Å²) in [6.45, 7) is 6.43. The molecular weight excluding hydrogens is 355 g/mol. The number of carbonyl (C=O) groups excluding carboxylic acids is 1. The van der Waals surface area contributed by atoms with Crippen molar-refractivity contribution in [1.82, 2.24) is 5.32 Å². The summed E-state index contributed by atoms with van der Waals surface area (Å²) in [4.78, 5) is 11.7. The number of para-hydroxylation sites is 1. The lowest BCUT2D eigenvalue weighted by Gasteiger charge is -2.22. The molecule has 106 valence electrons. The average molecular weight is 376 g/mol. The summed E-state index contributed by atoms with van der Waals surface area (Å²) >= 11 is 2.16. The van der Waals surface area contributed by atoms with Crippen molar-refractivity contribution in [3.05, 3.63) is 27.8 Å². The number of rotatable bonds is 4. The number of nitrogens with one attached hydrogen (secondary N) is 2. The summed E-state index contributed by atoms with van der Waals surface area (Å²) in [6, 6.07) is 7.25. The number of carbonyl (C=O) groups is 1. The zero-order valence-corrected chi connectivity index (χ0v) is 13.7. The van der Waals surface area contributed by atoms with E-state index < -0.39 is 6.10 Å². The molecule has 5 heteroatoms. The molecule has 1 atom stereocenters. The molecule has 1 aromatic rings. The van der Waals surface area contributed by atoms with Crippen LogP contribution in [0.15, 0.2) is 24.3 Å². The highest BCUT2D eigenvalue weighted by molar-refractivity contribution is 14.1. The predicted molar refractivity (Wildman–Crippen MR) is 86.3 cm³/mol. The number of benzene rings is 1. The molecule has 0 saturated carbocycles. The van der Waals surface area contributed by atoms with Crippen molar-refractivity contribution in [2.24, 2.45) is 5.41 Å². The second-order valence-corrected chi connectivity index (χ2v) is 6.90. The first-order valence-corrected chi connectivity index (χ1v) is 7.33. The number of hydrogen-bond donors (Lipinski definition) is 3. The van der Waals surface area contributed by atoms with E-state index in [4.69, 9.17) is 0 Å². The first-order chi connectivity index (χ1) is 8.78. The van der Waals surface area contributed by atoms with Gasteiger partial charge in [-0.2, -0.15) is 0 Å². The third-order valence-corrected chi connectivity index (χ3v) is 3.41. The van der Waals surface area contributed by atoms with Crippen LogP contribution in [0.4, 0.5) is 10.5 Å². The Morgan fingerprint density at radius 3 is 2.58 bits per heavy atom. The molecule has 0 aliphatic heterocycles. The number of aliphatic hydroxyl groups is 1. The third kappa shape index (κ3) is 6.77. The summed E-state index contributed by atoms with van der Waals surface area (Å²) < 4.78 is 0.977. The number of halogens is 1. The molecule has 2 amide bonds. The van der Waals surface area contributed by atoms with Gasteiger partial charge in [-0.25, -0.2) is 4.79 Å². The minimum absolute atomic E-state index is 0.0480. The van der Waals surface area contributed by atoms with Gasteiger partial charge in [-0.15, -0.1) is 0 Å². The van der Waals surface area contributed by atoms with Crippen LogP contribution < -0.4 is 10.6 Å². The number of amides is 2. The largest absolute Gasteiger partial charge is 0.391 e. The third-order valence-electron chi connectivity index (χ3n) is 2.47. The van der Waals surface area contributed by atoms with Gasteiger partial charge >= 0.3 is 6.03 Å². The van der Waals surface area contributed by atoms with Gasteiger partial charge in [0.25, 0.3) is 0 Å². The second kappa shape index (κ2) is 7.09. The Balaban J connectivity index is 2.38. The topological polar surface area (TPSA) is 61.4 Å². The molecule has 19 heavy (non-hydrogen) atoms. The van der Waals surface area contributed by atoms with Crippen LogP contribution in [0, 0.1) is 8.99 Å². The lowest BCUT2D eigenvalue weighted by molar-refractivity contribution is 0.121. The van der Waals surface area contributed by atoms with Gasteiger partial charge < -0.3 is 15.7 Å². The molecule has 0 saturated heterocycles. The van der Waals surface area contributed by atoms with Crippen molar-refractivity contribution in [2.45, 2.75) is 33.3 Å². The Bertz CT molecular complexity index is 430. The van der Waals surface area contributed by atoms with Crippen molar-refractivity contribution in [3.8, 4) is 0 Å². The maximum atomic E-state index is 11.7. The van der Waals surface area contributed by atoms with Gasteiger partial charge in [0.05, 0.1) is 11.8 Å². The quantitative estimate of drug-likeness (QED) is 0.707. The van der Waals surface area contributed by atoms with E-state index in [9.17, 15) is 9.90 Å². The van der Waals surface area contributed by atoms with Crippen molar-refractivity contribution < 1.29 is 9.90 Å². The predicted octanol–water partition coefficient (Wildman–Crippen LogP) is 3.21. The summed E-state index contributed by atoms with van der Waals surface area (Å²) in [5.41, 5.74) is 0.817. The van der Waals surface area contributed by atoms with Crippen LogP contribution in [0.2, 0.25) is 0 Å². The van der Waals surface area contributed by atoms with Crippen LogP contribution in [0.25, 0.3) is 0 Å². The maximum Gasteiger partial charge on any atom is 0.319 e. The van der Waals surface area contributed by atoms with E-state index in [0.29, 0.717) is 6.42 Å². The molecule has 0 aliphatic rings. The minimum atomic E-state index is -0.527. The lowest BCUT2D eigenvalue weighted by Crippen LogP contribution is -2.36. The first-order valence-electron chi connectivity index (χ1n) is 6.25. The summed E-state index contributed by atoms with van der Waals surface area (Å²) in [7, 11) is 0. The first kappa shape index (κ1) is 16.2. The molecule has 0 aromatic heterocycles. The fraction of sp³-hybridized carbons (Fsp3) is 0.500. The Hall–Kier alpha value is -0.820. The molecule has 0 fully saturated rings. The van der Waals surface area contributed by atoms with E-state index in [0.717, 1.165) is 9.26 Å². The van der Waals surface area contributed by atoms with Gasteiger partial charge in [-0.05, 0) is 46.6 Å². The zero-order chi connectivity index (χ0) is 14.5. The van der Waals surface area contributed by atoms with Crippen LogP contribution in [0.5, 0.6) is 0 Å². The Morgan fingerprint density at radius 2 is 2.00 bits per heavy atom. The van der Waals surface area contributed by atoms with E-state index in [-0.39, 0.29) is 18.0 Å². The van der Waals surface area contributed by atoms with E-state index in [2.05, 4.69) is 54.0 Å². The monoisotopic (exact) mass is 376 g/mol. The summed E-state index contributed by atoms with van der Waals surface area (Å²) in [5, 5.41) is 15.2. The van der Waals surface area contributed by atoms with Crippen LogP contribution in [0.1, 0.15) is 27.2 Å². The van der Waals surface area contributed by atoms with Crippen LogP contribution in [-0.2, 0) is 0 Å². The molecule has 0 spiro atoms. The summed E-state index contributed by atoms with van der Waals surface area (Å²) in [6.07, 6.45) is 0.122. The standard InChI is InChI=1S/C14H21IN2O2/c1-14(2,3)8-10(18)9-16-13(19)17-12-7-5-4-6-11(12)15/h4-7,10,18H,8-9H2,1-3H3,(H2,16,17,19). The normalized spacial score (nSPS) is 12.9. The van der Waals surface area contributed by atoms with Crippen LogP contribution in [0.3, 0.4) is 0 Å². The molecular formula is C14H21IN2O2. The smallest absolute Gasteiger partial charge is 0.319 e. The molecule has 0 bridgehead atoms. The number of anilines is 1. The van der Waals surface area contributed by atoms with Crippen LogP contribution >= 0.6 is 22.6 Å². The molecule has 1 unspecified atom stereocenters. The van der Waals surface area contributed by atoms with Gasteiger partial charge in [-0.3, -0.25) is 0 Å². The molecule has 1 rings (SSSR count). The Kier molecular flexibility index (Phi) is 6.06. The van der Waals surface area contributed by atoms with Crippen molar-refractivity contribution in [2.75, 3.05) is 11.9 Å². The zero-order valence-electron chi connectivity index (χ0n) is 11.5. The average Bonchev–Trinajstić information content (AvgIpc) is 2.27. The highest BCUT2D eigenvalue weighted by atomic mass is 127. The van der Waals surface area contributed by atoms with Gasteiger partial charge in [0.1, 0.15) is 0 Å². The van der Waals surface area contributed by atoms with Crippen molar-refractivity contribution in [3.63, 3.8) is 0 Å². The van der Waals surface area contributed by atoms with Crippen molar-refractivity contribution in [1.29, 1.82) is 0 Å². The number of urea groups is 1. The van der Waals surface area contributed by atoms with E-state index in [1.165, 1.54) is 0 Å².